The van der Waals surface area contributed by atoms with Crippen LogP contribution in [-0.2, 0) is 11.3 Å². The highest BCUT2D eigenvalue weighted by Gasteiger charge is 1.97. The Bertz CT molecular complexity index is 271. The maximum absolute atomic E-state index is 10.4. The minimum Gasteiger partial charge on any atom is -0.755 e. The van der Waals surface area contributed by atoms with Crippen molar-refractivity contribution in [2.45, 2.75) is 6.92 Å². The summed E-state index contributed by atoms with van der Waals surface area (Å²) in [6.45, 7) is 1.75. The summed E-state index contributed by atoms with van der Waals surface area (Å²) < 4.78 is 22.9. The molecular weight excluding hydrogens is 265 g/mol. The summed E-state index contributed by atoms with van der Waals surface area (Å²) in [6.07, 6.45) is 1.57. The van der Waals surface area contributed by atoms with Crippen LogP contribution in [0, 0.1) is 10.5 Å². The molecule has 3 nitrogen and oxygen atoms in total. The van der Waals surface area contributed by atoms with E-state index >= 15 is 0 Å². The van der Waals surface area contributed by atoms with E-state index in [1.165, 1.54) is 3.97 Å². The van der Waals surface area contributed by atoms with Crippen LogP contribution in [0.25, 0.3) is 0 Å². The second kappa shape index (κ2) is 3.02. The van der Waals surface area contributed by atoms with E-state index in [1.807, 2.05) is 0 Å². The third-order valence-corrected chi connectivity index (χ3v) is 2.40. The molecule has 0 aliphatic heterocycles. The summed E-state index contributed by atoms with van der Waals surface area (Å²) in [5.74, 6) is 0. The molecule has 1 heterocycles. The molecule has 1 atom stereocenters. The lowest BCUT2D eigenvalue weighted by Gasteiger charge is -2.06. The number of nitrogens with zero attached hydrogens (tertiary/aromatic N) is 1. The van der Waals surface area contributed by atoms with Crippen molar-refractivity contribution in [3.63, 3.8) is 0 Å². The SMILES string of the molecule is Cc1cc(I)cn1S(=O)[O-]. The molecule has 0 bridgehead atoms. The molecule has 0 aliphatic rings. The third kappa shape index (κ3) is 1.58. The predicted molar refractivity (Wildman–Crippen MR) is 46.2 cm³/mol. The van der Waals surface area contributed by atoms with Crippen molar-refractivity contribution < 1.29 is 8.76 Å². The van der Waals surface area contributed by atoms with Crippen LogP contribution in [0.5, 0.6) is 0 Å². The standard InChI is InChI=1S/C5H6INO2S/c1-4-2-5(6)3-7(4)10(8)9/h2-3H,1H3,(H,8,9)/p-1. The highest BCUT2D eigenvalue weighted by atomic mass is 127. The summed E-state index contributed by atoms with van der Waals surface area (Å²) in [5, 5.41) is 0. The Labute approximate surface area is 75.0 Å². The smallest absolute Gasteiger partial charge is 0.0514 e. The van der Waals surface area contributed by atoms with Crippen molar-refractivity contribution in [2.24, 2.45) is 0 Å². The third-order valence-electron chi connectivity index (χ3n) is 1.10. The molecule has 0 radical (unpaired) electrons. The quantitative estimate of drug-likeness (QED) is 0.565. The summed E-state index contributed by atoms with van der Waals surface area (Å²) >= 11 is -0.0924. The minimum absolute atomic E-state index is 0.734. The second-order valence-electron chi connectivity index (χ2n) is 1.84. The monoisotopic (exact) mass is 270 g/mol. The van der Waals surface area contributed by atoms with Gasteiger partial charge in [-0.05, 0) is 35.6 Å². The largest absolute Gasteiger partial charge is 0.755 e. The first kappa shape index (κ1) is 8.22. The van der Waals surface area contributed by atoms with Gasteiger partial charge in [-0.3, -0.25) is 8.18 Å². The van der Waals surface area contributed by atoms with E-state index < -0.39 is 11.3 Å². The van der Waals surface area contributed by atoms with E-state index in [-0.39, 0.29) is 0 Å². The van der Waals surface area contributed by atoms with Gasteiger partial charge in [-0.25, -0.2) is 0 Å². The van der Waals surface area contributed by atoms with Gasteiger partial charge in [0.25, 0.3) is 0 Å². The molecule has 1 unspecified atom stereocenters. The van der Waals surface area contributed by atoms with Crippen molar-refractivity contribution in [3.8, 4) is 0 Å². The Morgan fingerprint density at radius 1 is 1.80 bits per heavy atom. The fraction of sp³-hybridized carbons (Fsp3) is 0.200. The Morgan fingerprint density at radius 3 is 2.60 bits per heavy atom. The van der Waals surface area contributed by atoms with Gasteiger partial charge in [-0.15, -0.1) is 0 Å². The number of rotatable bonds is 1. The highest BCUT2D eigenvalue weighted by Crippen LogP contribution is 2.09. The molecule has 0 aromatic carbocycles. The van der Waals surface area contributed by atoms with Gasteiger partial charge in [0, 0.05) is 15.5 Å². The fourth-order valence-electron chi connectivity index (χ4n) is 0.675. The van der Waals surface area contributed by atoms with Crippen molar-refractivity contribution in [3.05, 3.63) is 21.5 Å². The van der Waals surface area contributed by atoms with Gasteiger partial charge in [0.05, 0.1) is 11.3 Å². The topological polar surface area (TPSA) is 45.1 Å². The summed E-state index contributed by atoms with van der Waals surface area (Å²) in [5.41, 5.74) is 0.734. The van der Waals surface area contributed by atoms with Crippen molar-refractivity contribution >= 4 is 33.9 Å². The molecule has 0 N–H and O–H groups in total. The van der Waals surface area contributed by atoms with Crippen LogP contribution in [0.15, 0.2) is 12.3 Å². The maximum atomic E-state index is 10.4. The number of halogens is 1. The number of hydrogen-bond donors (Lipinski definition) is 0. The van der Waals surface area contributed by atoms with Gasteiger partial charge in [0.15, 0.2) is 0 Å². The van der Waals surface area contributed by atoms with Crippen molar-refractivity contribution in [2.75, 3.05) is 0 Å². The van der Waals surface area contributed by atoms with Gasteiger partial charge in [-0.1, -0.05) is 0 Å². The van der Waals surface area contributed by atoms with Crippen molar-refractivity contribution in [1.29, 1.82) is 0 Å². The second-order valence-corrected chi connectivity index (χ2v) is 3.92. The average Bonchev–Trinajstić information content (AvgIpc) is 2.10. The molecule has 1 aromatic heterocycles. The molecule has 56 valence electrons. The van der Waals surface area contributed by atoms with E-state index in [0.29, 0.717) is 0 Å². The van der Waals surface area contributed by atoms with Crippen LogP contribution >= 0.6 is 22.6 Å². The Balaban J connectivity index is 3.15. The summed E-state index contributed by atoms with van der Waals surface area (Å²) in [7, 11) is 0. The van der Waals surface area contributed by atoms with Gasteiger partial charge < -0.3 is 4.55 Å². The fourth-order valence-corrected chi connectivity index (χ4v) is 2.08. The number of aromatic nitrogens is 1. The first-order valence-corrected chi connectivity index (χ1v) is 4.66. The normalized spacial score (nSPS) is 13.5. The summed E-state index contributed by atoms with van der Waals surface area (Å²) in [4.78, 5) is 0. The van der Waals surface area contributed by atoms with Gasteiger partial charge >= 0.3 is 0 Å². The molecule has 0 saturated carbocycles. The Hall–Kier alpha value is 0.120. The van der Waals surface area contributed by atoms with Crippen LogP contribution in [0.2, 0.25) is 0 Å². The summed E-state index contributed by atoms with van der Waals surface area (Å²) in [6, 6.07) is 1.80. The lowest BCUT2D eigenvalue weighted by Crippen LogP contribution is -2.02. The van der Waals surface area contributed by atoms with E-state index in [9.17, 15) is 8.76 Å². The van der Waals surface area contributed by atoms with Crippen molar-refractivity contribution in [1.82, 2.24) is 3.97 Å². The minimum atomic E-state index is -2.16. The lowest BCUT2D eigenvalue weighted by molar-refractivity contribution is 0.527. The lowest BCUT2D eigenvalue weighted by atomic mass is 10.5. The highest BCUT2D eigenvalue weighted by molar-refractivity contribution is 14.1. The zero-order valence-corrected chi connectivity index (χ0v) is 8.18. The van der Waals surface area contributed by atoms with E-state index in [1.54, 1.807) is 19.2 Å². The molecular formula is C5H5INO2S-. The zero-order chi connectivity index (χ0) is 7.72. The van der Waals surface area contributed by atoms with Gasteiger partial charge in [-0.2, -0.15) is 0 Å². The number of aryl methyl sites for hydroxylation is 1. The first-order chi connectivity index (χ1) is 4.61. The molecule has 0 spiro atoms. The molecule has 10 heavy (non-hydrogen) atoms. The molecule has 5 heteroatoms. The van der Waals surface area contributed by atoms with Gasteiger partial charge in [0.2, 0.25) is 0 Å². The first-order valence-electron chi connectivity index (χ1n) is 2.55. The Morgan fingerprint density at radius 2 is 2.40 bits per heavy atom. The predicted octanol–water partition coefficient (Wildman–Crippen LogP) is 1.04. The molecule has 1 rings (SSSR count). The molecule has 0 amide bonds. The van der Waals surface area contributed by atoms with Crippen LogP contribution < -0.4 is 0 Å². The van der Waals surface area contributed by atoms with Crippen LogP contribution in [0.1, 0.15) is 5.69 Å². The molecule has 1 aromatic rings. The van der Waals surface area contributed by atoms with E-state index in [2.05, 4.69) is 22.6 Å². The average molecular weight is 270 g/mol. The van der Waals surface area contributed by atoms with Gasteiger partial charge in [0.1, 0.15) is 0 Å². The number of hydrogen-bond acceptors (Lipinski definition) is 2. The van der Waals surface area contributed by atoms with E-state index in [0.717, 1.165) is 9.26 Å². The molecule has 0 fully saturated rings. The van der Waals surface area contributed by atoms with Crippen LogP contribution in [0.3, 0.4) is 0 Å². The van der Waals surface area contributed by atoms with E-state index in [4.69, 9.17) is 0 Å². The Kier molecular flexibility index (Phi) is 2.48. The molecule has 0 saturated heterocycles. The molecule has 0 aliphatic carbocycles. The van der Waals surface area contributed by atoms with Crippen LogP contribution in [0.4, 0.5) is 0 Å². The van der Waals surface area contributed by atoms with Crippen LogP contribution in [-0.4, -0.2) is 12.7 Å². The zero-order valence-electron chi connectivity index (χ0n) is 5.20. The maximum Gasteiger partial charge on any atom is 0.0514 e.